The molecule has 8 nitrogen and oxygen atoms in total. The van der Waals surface area contributed by atoms with Gasteiger partial charge in [0, 0.05) is 30.6 Å². The number of benzene rings is 2. The van der Waals surface area contributed by atoms with Gasteiger partial charge >= 0.3 is 0 Å². The minimum Gasteiger partial charge on any atom is -0.483 e. The average molecular weight is 427 g/mol. The number of hydrogen-bond acceptors (Lipinski definition) is 7. The summed E-state index contributed by atoms with van der Waals surface area (Å²) in [5.74, 6) is 1.46. The summed E-state index contributed by atoms with van der Waals surface area (Å²) in [4.78, 5) is 12.2. The van der Waals surface area contributed by atoms with Crippen molar-refractivity contribution in [2.75, 3.05) is 24.2 Å². The summed E-state index contributed by atoms with van der Waals surface area (Å²) in [6.07, 6.45) is 0.986. The van der Waals surface area contributed by atoms with E-state index in [2.05, 4.69) is 26.2 Å². The summed E-state index contributed by atoms with van der Waals surface area (Å²) in [6, 6.07) is 15.4. The molecule has 1 amide bonds. The monoisotopic (exact) mass is 426 g/mol. The molecule has 0 aliphatic heterocycles. The Morgan fingerprint density at radius 1 is 1.17 bits per heavy atom. The molecule has 2 N–H and O–H groups in total. The van der Waals surface area contributed by atoms with Crippen molar-refractivity contribution in [1.82, 2.24) is 25.5 Å². The molecule has 158 valence electrons. The van der Waals surface area contributed by atoms with Crippen LogP contribution in [0.4, 0.5) is 5.69 Å². The summed E-state index contributed by atoms with van der Waals surface area (Å²) in [5.41, 5.74) is 2.93. The van der Waals surface area contributed by atoms with Crippen molar-refractivity contribution in [1.29, 1.82) is 0 Å². The van der Waals surface area contributed by atoms with Crippen LogP contribution < -0.4 is 15.4 Å². The summed E-state index contributed by atoms with van der Waals surface area (Å²) in [5, 5.41) is 18.5. The highest BCUT2D eigenvalue weighted by Gasteiger charge is 2.07. The Morgan fingerprint density at radius 3 is 2.73 bits per heavy atom. The molecule has 3 aromatic rings. The molecule has 2 aromatic carbocycles. The molecule has 0 aliphatic carbocycles. The lowest BCUT2D eigenvalue weighted by Crippen LogP contribution is -2.21. The Labute approximate surface area is 180 Å². The van der Waals surface area contributed by atoms with Gasteiger partial charge < -0.3 is 15.4 Å². The van der Waals surface area contributed by atoms with Gasteiger partial charge in [-0.05, 0) is 48.5 Å². The van der Waals surface area contributed by atoms with E-state index in [1.165, 1.54) is 0 Å². The third-order valence-electron chi connectivity index (χ3n) is 4.29. The van der Waals surface area contributed by atoms with Crippen molar-refractivity contribution in [3.63, 3.8) is 0 Å². The molecule has 0 radical (unpaired) electrons. The number of tetrazole rings is 1. The first kappa shape index (κ1) is 21.8. The van der Waals surface area contributed by atoms with Crippen molar-refractivity contribution in [3.05, 3.63) is 59.7 Å². The average Bonchev–Trinajstić information content (AvgIpc) is 3.16. The fourth-order valence-corrected chi connectivity index (χ4v) is 3.48. The van der Waals surface area contributed by atoms with Crippen molar-refractivity contribution >= 4 is 23.4 Å². The number of hydrogen-bond donors (Lipinski definition) is 2. The number of carbonyl (C=O) groups is 1. The zero-order chi connectivity index (χ0) is 21.2. The van der Waals surface area contributed by atoms with Gasteiger partial charge in [-0.2, -0.15) is 0 Å². The van der Waals surface area contributed by atoms with E-state index in [9.17, 15) is 4.79 Å². The lowest BCUT2D eigenvalue weighted by molar-refractivity contribution is -0.118. The molecule has 1 heterocycles. The predicted octanol–water partition coefficient (Wildman–Crippen LogP) is 2.81. The van der Waals surface area contributed by atoms with Gasteiger partial charge in [-0.1, -0.05) is 47.7 Å². The summed E-state index contributed by atoms with van der Waals surface area (Å²) < 4.78 is 7.42. The van der Waals surface area contributed by atoms with Gasteiger partial charge in [-0.3, -0.25) is 4.79 Å². The van der Waals surface area contributed by atoms with E-state index in [-0.39, 0.29) is 12.5 Å². The van der Waals surface area contributed by atoms with Gasteiger partial charge in [0.1, 0.15) is 5.75 Å². The number of ether oxygens (including phenoxy) is 1. The molecule has 0 atom stereocenters. The largest absolute Gasteiger partial charge is 0.483 e. The van der Waals surface area contributed by atoms with Crippen molar-refractivity contribution in [2.24, 2.45) is 7.05 Å². The molecular formula is C21H26N6O2S. The van der Waals surface area contributed by atoms with Gasteiger partial charge in [-0.25, -0.2) is 4.68 Å². The van der Waals surface area contributed by atoms with E-state index in [1.54, 1.807) is 16.4 Å². The smallest absolute Gasteiger partial charge is 0.262 e. The second-order valence-corrected chi connectivity index (χ2v) is 7.84. The fourth-order valence-electron chi connectivity index (χ4n) is 2.70. The number of aryl methyl sites for hydroxylation is 2. The minimum atomic E-state index is -0.183. The van der Waals surface area contributed by atoms with E-state index in [4.69, 9.17) is 4.74 Å². The van der Waals surface area contributed by atoms with Crippen LogP contribution in [-0.2, 0) is 18.4 Å². The van der Waals surface area contributed by atoms with Crippen molar-refractivity contribution in [3.8, 4) is 5.75 Å². The number of anilines is 1. The molecule has 0 spiro atoms. The highest BCUT2D eigenvalue weighted by Crippen LogP contribution is 2.18. The molecule has 0 bridgehead atoms. The summed E-state index contributed by atoms with van der Waals surface area (Å²) in [7, 11) is 1.83. The molecule has 3 rings (SSSR count). The van der Waals surface area contributed by atoms with Crippen LogP contribution in [0.1, 0.15) is 17.5 Å². The fraction of sp³-hybridized carbons (Fsp3) is 0.333. The Bertz CT molecular complexity index is 945. The molecule has 0 saturated heterocycles. The maximum absolute atomic E-state index is 12.2. The lowest BCUT2D eigenvalue weighted by Gasteiger charge is -2.12. The first-order chi connectivity index (χ1) is 14.6. The molecule has 0 saturated carbocycles. The van der Waals surface area contributed by atoms with Crippen LogP contribution in [0.5, 0.6) is 5.75 Å². The van der Waals surface area contributed by atoms with Gasteiger partial charge in [-0.15, -0.1) is 5.10 Å². The number of para-hydroxylation sites is 1. The predicted molar refractivity (Wildman–Crippen MR) is 118 cm³/mol. The second-order valence-electron chi connectivity index (χ2n) is 6.77. The summed E-state index contributed by atoms with van der Waals surface area (Å²) in [6.45, 7) is 3.51. The second kappa shape index (κ2) is 11.3. The Morgan fingerprint density at radius 2 is 1.97 bits per heavy atom. The first-order valence-electron chi connectivity index (χ1n) is 9.75. The molecule has 1 aromatic heterocycles. The van der Waals surface area contributed by atoms with Gasteiger partial charge in [0.2, 0.25) is 5.16 Å². The Balaban J connectivity index is 1.38. The zero-order valence-electron chi connectivity index (χ0n) is 17.2. The van der Waals surface area contributed by atoms with Gasteiger partial charge in [0.05, 0.1) is 0 Å². The molecule has 0 fully saturated rings. The first-order valence-corrected chi connectivity index (χ1v) is 10.7. The molecule has 9 heteroatoms. The maximum atomic E-state index is 12.2. The normalized spacial score (nSPS) is 10.7. The van der Waals surface area contributed by atoms with Crippen molar-refractivity contribution < 1.29 is 9.53 Å². The van der Waals surface area contributed by atoms with Crippen molar-refractivity contribution in [2.45, 2.75) is 25.0 Å². The molecule has 0 aliphatic rings. The van der Waals surface area contributed by atoms with Crippen LogP contribution in [0.25, 0.3) is 0 Å². The summed E-state index contributed by atoms with van der Waals surface area (Å²) >= 11 is 1.63. The van der Waals surface area contributed by atoms with Crippen LogP contribution in [0.15, 0.2) is 53.7 Å². The third-order valence-corrected chi connectivity index (χ3v) is 5.39. The van der Waals surface area contributed by atoms with E-state index in [1.807, 2.05) is 62.5 Å². The van der Waals surface area contributed by atoms with Crippen LogP contribution in [0.2, 0.25) is 0 Å². The SMILES string of the molecule is Cc1ccc(NC(=O)COc2ccccc2CNCCCSc2nnnn2C)cc1. The maximum Gasteiger partial charge on any atom is 0.262 e. The standard InChI is InChI=1S/C21H26N6O2S/c1-16-8-10-18(11-9-16)23-20(28)15-29-19-7-4-3-6-17(19)14-22-12-5-13-30-21-24-25-26-27(21)2/h3-4,6-11,22H,5,12-15H2,1-2H3,(H,23,28). The van der Waals surface area contributed by atoms with Gasteiger partial charge in [0.25, 0.3) is 5.91 Å². The lowest BCUT2D eigenvalue weighted by atomic mass is 10.2. The number of nitrogens with one attached hydrogen (secondary N) is 2. The third kappa shape index (κ3) is 6.85. The van der Waals surface area contributed by atoms with E-state index >= 15 is 0 Å². The number of aromatic nitrogens is 4. The highest BCUT2D eigenvalue weighted by molar-refractivity contribution is 7.99. The number of thioether (sulfide) groups is 1. The van der Waals surface area contributed by atoms with Crippen LogP contribution in [0, 0.1) is 6.92 Å². The highest BCUT2D eigenvalue weighted by atomic mass is 32.2. The number of carbonyl (C=O) groups excluding carboxylic acids is 1. The van der Waals surface area contributed by atoms with Crippen LogP contribution in [0.3, 0.4) is 0 Å². The molecule has 30 heavy (non-hydrogen) atoms. The van der Waals surface area contributed by atoms with Gasteiger partial charge in [0.15, 0.2) is 6.61 Å². The Hall–Kier alpha value is -2.91. The zero-order valence-corrected chi connectivity index (χ0v) is 18.0. The van der Waals surface area contributed by atoms with Crippen LogP contribution in [-0.4, -0.2) is 45.0 Å². The minimum absolute atomic E-state index is 0.0345. The molecule has 0 unspecified atom stereocenters. The van der Waals surface area contributed by atoms with Crippen LogP contribution >= 0.6 is 11.8 Å². The molecular weight excluding hydrogens is 400 g/mol. The van der Waals surface area contributed by atoms with E-state index in [0.717, 1.165) is 40.7 Å². The number of rotatable bonds is 11. The number of amides is 1. The Kier molecular flexibility index (Phi) is 8.22. The topological polar surface area (TPSA) is 94.0 Å². The van der Waals surface area contributed by atoms with E-state index in [0.29, 0.717) is 12.3 Å². The van der Waals surface area contributed by atoms with E-state index < -0.39 is 0 Å². The quantitative estimate of drug-likeness (QED) is 0.360. The number of nitrogens with zero attached hydrogens (tertiary/aromatic N) is 4.